The van der Waals surface area contributed by atoms with E-state index < -0.39 is 0 Å². The zero-order valence-corrected chi connectivity index (χ0v) is 12.6. The maximum Gasteiger partial charge on any atom is 0.239 e. The average Bonchev–Trinajstić information content (AvgIpc) is 2.46. The molecule has 0 aliphatic carbocycles. The molecule has 6 heteroatoms. The summed E-state index contributed by atoms with van der Waals surface area (Å²) in [6.07, 6.45) is 9.48. The van der Waals surface area contributed by atoms with Gasteiger partial charge in [-0.05, 0) is 12.8 Å². The van der Waals surface area contributed by atoms with Gasteiger partial charge in [-0.15, -0.1) is 0 Å². The van der Waals surface area contributed by atoms with Gasteiger partial charge in [0.1, 0.15) is 0 Å². The van der Waals surface area contributed by atoms with E-state index in [0.29, 0.717) is 13.0 Å². The van der Waals surface area contributed by atoms with Gasteiger partial charge in [-0.1, -0.05) is 38.5 Å². The third-order valence-corrected chi connectivity index (χ3v) is 3.14. The van der Waals surface area contributed by atoms with Crippen molar-refractivity contribution >= 4 is 11.8 Å². The van der Waals surface area contributed by atoms with E-state index in [4.69, 9.17) is 5.90 Å². The molecule has 0 fully saturated rings. The average molecular weight is 287 g/mol. The molecular weight excluding hydrogens is 258 g/mol. The fraction of sp³-hybridized carbons (Fsp3) is 0.857. The lowest BCUT2D eigenvalue weighted by Crippen LogP contribution is -2.34. The van der Waals surface area contributed by atoms with Crippen LogP contribution in [0.15, 0.2) is 0 Å². The first-order valence-electron chi connectivity index (χ1n) is 7.49. The largest absolute Gasteiger partial charge is 0.358 e. The highest BCUT2D eigenvalue weighted by molar-refractivity contribution is 5.84. The molecule has 0 saturated carbocycles. The molecule has 6 nitrogen and oxygen atoms in total. The van der Waals surface area contributed by atoms with Crippen LogP contribution in [0.5, 0.6) is 0 Å². The molecule has 0 aromatic heterocycles. The SMILES string of the molecule is CNC(=O)CNC(=O)CCCCCCCCCCON. The van der Waals surface area contributed by atoms with Crippen LogP contribution >= 0.6 is 0 Å². The Morgan fingerprint density at radius 3 is 2.00 bits per heavy atom. The Kier molecular flexibility index (Phi) is 13.5. The first kappa shape index (κ1) is 18.9. The van der Waals surface area contributed by atoms with E-state index in [1.165, 1.54) is 25.7 Å². The predicted octanol–water partition coefficient (Wildman–Crippen LogP) is 1.25. The van der Waals surface area contributed by atoms with Crippen LogP contribution in [0.25, 0.3) is 0 Å². The smallest absolute Gasteiger partial charge is 0.239 e. The quantitative estimate of drug-likeness (QED) is 0.351. The molecule has 0 atom stereocenters. The van der Waals surface area contributed by atoms with Crippen molar-refractivity contribution in [1.29, 1.82) is 0 Å². The molecule has 0 aromatic rings. The maximum absolute atomic E-state index is 11.4. The molecule has 4 N–H and O–H groups in total. The van der Waals surface area contributed by atoms with Gasteiger partial charge >= 0.3 is 0 Å². The van der Waals surface area contributed by atoms with Gasteiger partial charge in [-0.3, -0.25) is 9.59 Å². The van der Waals surface area contributed by atoms with Gasteiger partial charge in [0.15, 0.2) is 0 Å². The van der Waals surface area contributed by atoms with Gasteiger partial charge in [0.25, 0.3) is 0 Å². The summed E-state index contributed by atoms with van der Waals surface area (Å²) in [4.78, 5) is 26.8. The molecule has 20 heavy (non-hydrogen) atoms. The first-order chi connectivity index (χ1) is 9.70. The van der Waals surface area contributed by atoms with Gasteiger partial charge < -0.3 is 15.5 Å². The van der Waals surface area contributed by atoms with Crippen LogP contribution in [-0.2, 0) is 14.4 Å². The highest BCUT2D eigenvalue weighted by atomic mass is 16.6. The van der Waals surface area contributed by atoms with Crippen molar-refractivity contribution in [3.8, 4) is 0 Å². The van der Waals surface area contributed by atoms with Crippen molar-refractivity contribution in [2.75, 3.05) is 20.2 Å². The topological polar surface area (TPSA) is 93.5 Å². The number of amides is 2. The molecule has 0 rings (SSSR count). The van der Waals surface area contributed by atoms with E-state index in [1.807, 2.05) is 0 Å². The van der Waals surface area contributed by atoms with E-state index in [2.05, 4.69) is 15.5 Å². The number of hydrogen-bond donors (Lipinski definition) is 3. The fourth-order valence-electron chi connectivity index (χ4n) is 1.89. The number of unbranched alkanes of at least 4 members (excludes halogenated alkanes) is 7. The third-order valence-electron chi connectivity index (χ3n) is 3.14. The molecule has 0 aromatic carbocycles. The molecule has 0 heterocycles. The van der Waals surface area contributed by atoms with Crippen molar-refractivity contribution in [3.63, 3.8) is 0 Å². The molecule has 0 aliphatic rings. The second-order valence-corrected chi connectivity index (χ2v) is 4.90. The molecule has 0 saturated heterocycles. The fourth-order valence-corrected chi connectivity index (χ4v) is 1.89. The van der Waals surface area contributed by atoms with Crippen molar-refractivity contribution in [2.24, 2.45) is 5.90 Å². The Morgan fingerprint density at radius 2 is 1.45 bits per heavy atom. The Balaban J connectivity index is 3.19. The normalized spacial score (nSPS) is 10.3. The summed E-state index contributed by atoms with van der Waals surface area (Å²) in [6.45, 7) is 0.715. The molecule has 0 bridgehead atoms. The maximum atomic E-state index is 11.4. The molecular formula is C14H29N3O3. The van der Waals surface area contributed by atoms with Crippen molar-refractivity contribution in [1.82, 2.24) is 10.6 Å². The van der Waals surface area contributed by atoms with Crippen molar-refractivity contribution in [2.45, 2.75) is 57.8 Å². The number of carbonyl (C=O) groups is 2. The molecule has 0 unspecified atom stereocenters. The zero-order valence-electron chi connectivity index (χ0n) is 12.6. The van der Waals surface area contributed by atoms with Crippen LogP contribution in [0, 0.1) is 0 Å². The van der Waals surface area contributed by atoms with Crippen LogP contribution in [0.2, 0.25) is 0 Å². The number of nitrogens with two attached hydrogens (primary N) is 1. The van der Waals surface area contributed by atoms with Crippen molar-refractivity contribution in [3.05, 3.63) is 0 Å². The standard InChI is InChI=1S/C14H29N3O3/c1-16-14(19)12-17-13(18)10-8-6-4-2-3-5-7-9-11-20-15/h2-12,15H2,1H3,(H,16,19)(H,17,18). The summed E-state index contributed by atoms with van der Waals surface area (Å²) in [7, 11) is 1.55. The lowest BCUT2D eigenvalue weighted by atomic mass is 10.1. The number of likely N-dealkylation sites (N-methyl/N-ethyl adjacent to an activating group) is 1. The van der Waals surface area contributed by atoms with Crippen LogP contribution in [-0.4, -0.2) is 32.0 Å². The minimum absolute atomic E-state index is 0.0459. The Hall–Kier alpha value is -1.14. The predicted molar refractivity (Wildman–Crippen MR) is 78.8 cm³/mol. The molecule has 0 spiro atoms. The molecule has 0 aliphatic heterocycles. The van der Waals surface area contributed by atoms with Gasteiger partial charge in [0, 0.05) is 13.5 Å². The summed E-state index contributed by atoms with van der Waals surface area (Å²) in [5.74, 6) is 4.73. The second-order valence-electron chi connectivity index (χ2n) is 4.90. The van der Waals surface area contributed by atoms with Crippen LogP contribution in [0.1, 0.15) is 57.8 Å². The van der Waals surface area contributed by atoms with Gasteiger partial charge in [0.2, 0.25) is 11.8 Å². The first-order valence-corrected chi connectivity index (χ1v) is 7.49. The van der Waals surface area contributed by atoms with E-state index in [9.17, 15) is 9.59 Å². The highest BCUT2D eigenvalue weighted by Crippen LogP contribution is 2.09. The van der Waals surface area contributed by atoms with Gasteiger partial charge in [0.05, 0.1) is 13.2 Å². The second kappa shape index (κ2) is 14.3. The van der Waals surface area contributed by atoms with Crippen LogP contribution in [0.3, 0.4) is 0 Å². The Morgan fingerprint density at radius 1 is 0.900 bits per heavy atom. The van der Waals surface area contributed by atoms with Gasteiger partial charge in [-0.2, -0.15) is 0 Å². The Bertz CT molecular complexity index is 260. The summed E-state index contributed by atoms with van der Waals surface area (Å²) < 4.78 is 0. The molecule has 118 valence electrons. The van der Waals surface area contributed by atoms with Crippen LogP contribution in [0.4, 0.5) is 0 Å². The number of nitrogens with one attached hydrogen (secondary N) is 2. The van der Waals surface area contributed by atoms with E-state index in [1.54, 1.807) is 7.05 Å². The van der Waals surface area contributed by atoms with E-state index in [-0.39, 0.29) is 18.4 Å². The molecule has 0 radical (unpaired) electrons. The van der Waals surface area contributed by atoms with E-state index >= 15 is 0 Å². The summed E-state index contributed by atoms with van der Waals surface area (Å²) in [5, 5.41) is 5.05. The number of rotatable bonds is 13. The lowest BCUT2D eigenvalue weighted by Gasteiger charge is -2.04. The zero-order chi connectivity index (χ0) is 15.1. The van der Waals surface area contributed by atoms with Crippen LogP contribution < -0.4 is 16.5 Å². The number of hydrogen-bond acceptors (Lipinski definition) is 4. The third kappa shape index (κ3) is 13.3. The Labute approximate surface area is 121 Å². The summed E-state index contributed by atoms with van der Waals surface area (Å²) >= 11 is 0. The summed E-state index contributed by atoms with van der Waals surface area (Å²) in [6, 6.07) is 0. The number of carbonyl (C=O) groups excluding carboxylic acids is 2. The lowest BCUT2D eigenvalue weighted by molar-refractivity contribution is -0.125. The van der Waals surface area contributed by atoms with E-state index in [0.717, 1.165) is 25.7 Å². The minimum Gasteiger partial charge on any atom is -0.358 e. The monoisotopic (exact) mass is 287 g/mol. The van der Waals surface area contributed by atoms with Crippen molar-refractivity contribution < 1.29 is 14.4 Å². The minimum atomic E-state index is -0.168. The summed E-state index contributed by atoms with van der Waals surface area (Å²) in [5.41, 5.74) is 0. The van der Waals surface area contributed by atoms with Gasteiger partial charge in [-0.25, -0.2) is 5.90 Å². The molecule has 2 amide bonds. The highest BCUT2D eigenvalue weighted by Gasteiger charge is 2.03.